The lowest BCUT2D eigenvalue weighted by Crippen LogP contribution is -2.40. The number of hydrogen-bond donors (Lipinski definition) is 2. The Kier molecular flexibility index (Phi) is 4.43. The van der Waals surface area contributed by atoms with Gasteiger partial charge in [0, 0.05) is 53.0 Å². The van der Waals surface area contributed by atoms with Crippen molar-refractivity contribution in [1.29, 1.82) is 0 Å². The van der Waals surface area contributed by atoms with E-state index in [-0.39, 0.29) is 11.5 Å². The first-order chi connectivity index (χ1) is 14.6. The molecule has 2 aromatic heterocycles. The molecule has 1 aromatic carbocycles. The maximum Gasteiger partial charge on any atom is 0.248 e. The van der Waals surface area contributed by atoms with Crippen LogP contribution in [0.4, 0.5) is 0 Å². The summed E-state index contributed by atoms with van der Waals surface area (Å²) < 4.78 is 0. The zero-order valence-electron chi connectivity index (χ0n) is 17.3. The quantitative estimate of drug-likeness (QED) is 0.458. The van der Waals surface area contributed by atoms with Gasteiger partial charge in [-0.05, 0) is 49.6 Å². The molecule has 4 nitrogen and oxygen atoms in total. The molecular weight excluding hydrogens is 370 g/mol. The van der Waals surface area contributed by atoms with Gasteiger partial charge in [0.05, 0.1) is 0 Å². The second-order valence-electron chi connectivity index (χ2n) is 8.25. The summed E-state index contributed by atoms with van der Waals surface area (Å²) in [6.07, 6.45) is 14.2. The van der Waals surface area contributed by atoms with E-state index in [0.29, 0.717) is 0 Å². The molecule has 0 aliphatic heterocycles. The molecule has 2 heterocycles. The predicted molar refractivity (Wildman–Crippen MR) is 124 cm³/mol. The number of aromatic amines is 2. The minimum Gasteiger partial charge on any atom is -0.361 e. The molecule has 5 rings (SSSR count). The number of allylic oxidation sites excluding steroid dienone is 3. The normalized spacial score (nSPS) is 24.7. The van der Waals surface area contributed by atoms with Gasteiger partial charge in [-0.2, -0.15) is 0 Å². The average Bonchev–Trinajstić information content (AvgIpc) is 3.13. The second kappa shape index (κ2) is 7.13. The molecule has 0 saturated heterocycles. The van der Waals surface area contributed by atoms with Crippen molar-refractivity contribution in [2.24, 2.45) is 10.9 Å². The van der Waals surface area contributed by atoms with Gasteiger partial charge in [0.2, 0.25) is 5.56 Å². The van der Waals surface area contributed by atoms with E-state index in [1.165, 1.54) is 16.5 Å². The Labute approximate surface area is 175 Å². The monoisotopic (exact) mass is 395 g/mol. The van der Waals surface area contributed by atoms with Crippen LogP contribution >= 0.6 is 0 Å². The summed E-state index contributed by atoms with van der Waals surface area (Å²) in [5.74, 6) is 0.282. The third kappa shape index (κ3) is 2.91. The maximum atomic E-state index is 11.9. The lowest BCUT2D eigenvalue weighted by Gasteiger charge is -2.45. The number of H-pyrrole nitrogens is 2. The average molecular weight is 396 g/mol. The van der Waals surface area contributed by atoms with Crippen LogP contribution < -0.4 is 5.56 Å². The molecule has 4 heteroatoms. The molecule has 0 radical (unpaired) electrons. The van der Waals surface area contributed by atoms with Gasteiger partial charge in [-0.25, -0.2) is 0 Å². The minimum atomic E-state index is -0.444. The Morgan fingerprint density at radius 3 is 2.93 bits per heavy atom. The molecule has 0 fully saturated rings. The van der Waals surface area contributed by atoms with Crippen LogP contribution in [0.2, 0.25) is 0 Å². The lowest BCUT2D eigenvalue weighted by atomic mass is 9.63. The van der Waals surface area contributed by atoms with Gasteiger partial charge >= 0.3 is 0 Å². The molecule has 2 atom stereocenters. The maximum absolute atomic E-state index is 11.9. The molecule has 2 N–H and O–H groups in total. The number of para-hydroxylation sites is 1. The van der Waals surface area contributed by atoms with E-state index < -0.39 is 5.54 Å². The highest BCUT2D eigenvalue weighted by atomic mass is 16.1. The topological polar surface area (TPSA) is 61.0 Å². The molecule has 0 unspecified atom stereocenters. The minimum absolute atomic E-state index is 0.0465. The Morgan fingerprint density at radius 2 is 2.07 bits per heavy atom. The first-order valence-corrected chi connectivity index (χ1v) is 10.5. The third-order valence-corrected chi connectivity index (χ3v) is 6.36. The standard InChI is InChI=1S/C26H25N3O/c1-3-21-19-13-17(2)15-26(21,22-10-11-25(30)29-24(22)14-19)28-12-6-7-18-16-27-23-9-5-4-8-20(18)23/h3-13,16,19,27H,14-15H2,1-2H3,(H,29,30)/b7-6+,21-3+,28-12+/t19-,26+/m0/s1. The van der Waals surface area contributed by atoms with E-state index in [1.54, 1.807) is 6.07 Å². The summed E-state index contributed by atoms with van der Waals surface area (Å²) in [6.45, 7) is 4.28. The smallest absolute Gasteiger partial charge is 0.248 e. The number of fused-ring (bicyclic) bond motifs is 5. The third-order valence-electron chi connectivity index (χ3n) is 6.36. The molecule has 3 aromatic rings. The number of nitrogens with zero attached hydrogens (tertiary/aromatic N) is 1. The highest BCUT2D eigenvalue weighted by Gasteiger charge is 2.46. The highest BCUT2D eigenvalue weighted by Crippen LogP contribution is 2.51. The van der Waals surface area contributed by atoms with Crippen LogP contribution in [-0.4, -0.2) is 16.2 Å². The van der Waals surface area contributed by atoms with E-state index in [9.17, 15) is 4.79 Å². The van der Waals surface area contributed by atoms with Crippen molar-refractivity contribution in [2.75, 3.05) is 0 Å². The largest absolute Gasteiger partial charge is 0.361 e. The van der Waals surface area contributed by atoms with E-state index in [0.717, 1.165) is 35.2 Å². The van der Waals surface area contributed by atoms with Gasteiger partial charge in [-0.3, -0.25) is 9.79 Å². The first-order valence-electron chi connectivity index (χ1n) is 10.5. The highest BCUT2D eigenvalue weighted by molar-refractivity contribution is 5.91. The number of nitrogens with one attached hydrogen (secondary N) is 2. The van der Waals surface area contributed by atoms with Crippen LogP contribution in [0.25, 0.3) is 17.0 Å². The van der Waals surface area contributed by atoms with Crippen molar-refractivity contribution in [2.45, 2.75) is 32.2 Å². The zero-order chi connectivity index (χ0) is 20.7. The fourth-order valence-corrected chi connectivity index (χ4v) is 5.20. The fourth-order valence-electron chi connectivity index (χ4n) is 5.20. The Morgan fingerprint density at radius 1 is 1.20 bits per heavy atom. The lowest BCUT2D eigenvalue weighted by molar-refractivity contribution is 0.413. The van der Waals surface area contributed by atoms with Gasteiger partial charge < -0.3 is 9.97 Å². The van der Waals surface area contributed by atoms with Crippen molar-refractivity contribution in [3.05, 3.63) is 99.1 Å². The van der Waals surface area contributed by atoms with E-state index in [2.05, 4.69) is 60.2 Å². The molecule has 0 amide bonds. The zero-order valence-corrected chi connectivity index (χ0v) is 17.3. The van der Waals surface area contributed by atoms with E-state index in [4.69, 9.17) is 4.99 Å². The van der Waals surface area contributed by atoms with Crippen LogP contribution in [-0.2, 0) is 12.0 Å². The molecule has 0 saturated carbocycles. The molecule has 2 aliphatic carbocycles. The van der Waals surface area contributed by atoms with Crippen LogP contribution in [0.3, 0.4) is 0 Å². The fraction of sp³-hybridized carbons (Fsp3) is 0.231. The first kappa shape index (κ1) is 18.6. The summed E-state index contributed by atoms with van der Waals surface area (Å²) >= 11 is 0. The predicted octanol–water partition coefficient (Wildman–Crippen LogP) is 5.30. The van der Waals surface area contributed by atoms with Crippen molar-refractivity contribution in [3.63, 3.8) is 0 Å². The van der Waals surface area contributed by atoms with E-state index >= 15 is 0 Å². The number of hydrogen-bond acceptors (Lipinski definition) is 2. The Hall–Kier alpha value is -3.40. The number of rotatable bonds is 3. The SMILES string of the molecule is C/C=C1\[C@H]2C=C(C)C[C@]1(/N=C/C=C/c1c[nH]c3ccccc13)c1ccc(=O)[nH]c1C2. The summed E-state index contributed by atoms with van der Waals surface area (Å²) in [6, 6.07) is 11.9. The van der Waals surface area contributed by atoms with Gasteiger partial charge in [0.25, 0.3) is 0 Å². The molecule has 0 spiro atoms. The number of aromatic nitrogens is 2. The van der Waals surface area contributed by atoms with Crippen molar-refractivity contribution in [3.8, 4) is 0 Å². The number of pyridine rings is 1. The Balaban J connectivity index is 1.57. The Bertz CT molecular complexity index is 1300. The van der Waals surface area contributed by atoms with Crippen molar-refractivity contribution < 1.29 is 0 Å². The van der Waals surface area contributed by atoms with E-state index in [1.807, 2.05) is 30.6 Å². The number of benzene rings is 1. The molecule has 150 valence electrons. The van der Waals surface area contributed by atoms with Gasteiger partial charge in [0.15, 0.2) is 0 Å². The van der Waals surface area contributed by atoms with Crippen molar-refractivity contribution in [1.82, 2.24) is 9.97 Å². The summed E-state index contributed by atoms with van der Waals surface area (Å²) in [7, 11) is 0. The molecular formula is C26H25N3O. The second-order valence-corrected chi connectivity index (χ2v) is 8.25. The van der Waals surface area contributed by atoms with Crippen molar-refractivity contribution >= 4 is 23.2 Å². The van der Waals surface area contributed by atoms with Gasteiger partial charge in [0.1, 0.15) is 5.54 Å². The van der Waals surface area contributed by atoms with Gasteiger partial charge in [-0.1, -0.05) is 42.0 Å². The van der Waals surface area contributed by atoms with Crippen LogP contribution in [0.5, 0.6) is 0 Å². The molecule has 2 aliphatic rings. The van der Waals surface area contributed by atoms with Crippen LogP contribution in [0.15, 0.2) is 81.8 Å². The molecule has 30 heavy (non-hydrogen) atoms. The van der Waals surface area contributed by atoms with Gasteiger partial charge in [-0.15, -0.1) is 0 Å². The summed E-state index contributed by atoms with van der Waals surface area (Å²) in [5, 5.41) is 1.20. The summed E-state index contributed by atoms with van der Waals surface area (Å²) in [4.78, 5) is 23.4. The van der Waals surface area contributed by atoms with Crippen LogP contribution in [0.1, 0.15) is 37.1 Å². The summed E-state index contributed by atoms with van der Waals surface area (Å²) in [5.41, 5.74) is 6.59. The number of aliphatic imine (C=N–C) groups is 1. The molecule has 2 bridgehead atoms. The van der Waals surface area contributed by atoms with Crippen LogP contribution in [0, 0.1) is 5.92 Å².